The number of hydrogen-bond donors (Lipinski definition) is 0. The van der Waals surface area contributed by atoms with Crippen molar-refractivity contribution in [1.29, 1.82) is 0 Å². The summed E-state index contributed by atoms with van der Waals surface area (Å²) in [5, 5.41) is 6.12. The van der Waals surface area contributed by atoms with Gasteiger partial charge < -0.3 is 14.2 Å². The van der Waals surface area contributed by atoms with Crippen LogP contribution in [0.2, 0.25) is 0 Å². The number of methoxy groups -OCH3 is 1. The molecule has 0 N–H and O–H groups in total. The molecule has 2 fully saturated rings. The van der Waals surface area contributed by atoms with Gasteiger partial charge in [0.25, 0.3) is 5.79 Å². The number of fused-ring (bicyclic) bond motifs is 4. The van der Waals surface area contributed by atoms with Crippen molar-refractivity contribution in [3.8, 4) is 5.75 Å². The second kappa shape index (κ2) is 8.76. The van der Waals surface area contributed by atoms with Gasteiger partial charge in [0.15, 0.2) is 5.78 Å². The molecule has 0 unspecified atom stereocenters. The van der Waals surface area contributed by atoms with Crippen molar-refractivity contribution >= 4 is 23.9 Å². The van der Waals surface area contributed by atoms with E-state index < -0.39 is 52.7 Å². The summed E-state index contributed by atoms with van der Waals surface area (Å²) in [6, 6.07) is 17.1. The monoisotopic (exact) mass is 528 g/mol. The van der Waals surface area contributed by atoms with E-state index in [1.807, 2.05) is 12.1 Å². The lowest BCUT2D eigenvalue weighted by Crippen LogP contribution is -2.58. The summed E-state index contributed by atoms with van der Waals surface area (Å²) in [7, 11) is 1.52. The molecule has 3 atom stereocenters. The Labute approximate surface area is 224 Å². The van der Waals surface area contributed by atoms with Crippen molar-refractivity contribution in [1.82, 2.24) is 5.01 Å². The summed E-state index contributed by atoms with van der Waals surface area (Å²) in [5.41, 5.74) is 0.0914. The van der Waals surface area contributed by atoms with Gasteiger partial charge in [0.2, 0.25) is 5.41 Å². The number of hydrazone groups is 1. The Balaban J connectivity index is 1.64. The molecule has 3 aromatic carbocycles. The third-order valence-electron chi connectivity index (χ3n) is 7.63. The summed E-state index contributed by atoms with van der Waals surface area (Å²) < 4.78 is 30.6. The Bertz CT molecular complexity index is 1500. The Hall–Kier alpha value is -4.53. The van der Waals surface area contributed by atoms with Crippen LogP contribution in [0, 0.1) is 11.2 Å². The SMILES string of the molecule is COc1ccc([C@@H]2[C@H](C(=O)c3ccc(F)cc3)N3N=Cc4ccccc4[C@H]3C23C(=O)OC(C)(C)OC3=O)cc1. The van der Waals surface area contributed by atoms with E-state index in [1.54, 1.807) is 42.6 Å². The van der Waals surface area contributed by atoms with Crippen molar-refractivity contribution in [2.45, 2.75) is 37.6 Å². The third kappa shape index (κ3) is 3.64. The molecule has 3 aliphatic rings. The number of benzene rings is 3. The van der Waals surface area contributed by atoms with Gasteiger partial charge in [-0.1, -0.05) is 36.4 Å². The van der Waals surface area contributed by atoms with Gasteiger partial charge >= 0.3 is 11.9 Å². The van der Waals surface area contributed by atoms with Gasteiger partial charge in [0, 0.05) is 25.3 Å². The number of carbonyl (C=O) groups is 3. The summed E-state index contributed by atoms with van der Waals surface area (Å²) in [6.45, 7) is 2.97. The second-order valence-corrected chi connectivity index (χ2v) is 10.3. The standard InChI is InChI=1S/C30H25FN2O6/c1-29(2)38-27(35)30(28(36)39-29)23(17-10-14-21(37-3)15-11-17)24(25(34)18-8-12-20(31)13-9-18)33-26(30)22-7-5-4-6-19(22)16-32-33/h4-16,23-24,26H,1-3H3/t23-,24-,26+/m1/s1. The van der Waals surface area contributed by atoms with Gasteiger partial charge in [0.1, 0.15) is 23.7 Å². The molecule has 3 heterocycles. The molecule has 0 amide bonds. The molecule has 8 nitrogen and oxygen atoms in total. The molecule has 39 heavy (non-hydrogen) atoms. The first kappa shape index (κ1) is 24.8. The quantitative estimate of drug-likeness (QED) is 0.282. The van der Waals surface area contributed by atoms with Crippen LogP contribution in [0.5, 0.6) is 5.75 Å². The lowest BCUT2D eigenvalue weighted by Gasteiger charge is -2.44. The Morgan fingerprint density at radius 1 is 0.949 bits per heavy atom. The number of ketones is 1. The Kier molecular flexibility index (Phi) is 5.57. The first-order valence-corrected chi connectivity index (χ1v) is 12.5. The molecular weight excluding hydrogens is 503 g/mol. The number of Topliss-reactive ketones (excluding diaryl/α,β-unsaturated/α-hetero) is 1. The number of rotatable bonds is 4. The normalized spacial score (nSPS) is 24.0. The molecule has 0 radical (unpaired) electrons. The van der Waals surface area contributed by atoms with Crippen molar-refractivity contribution in [3.63, 3.8) is 0 Å². The van der Waals surface area contributed by atoms with Gasteiger partial charge in [-0.15, -0.1) is 0 Å². The highest BCUT2D eigenvalue weighted by Crippen LogP contribution is 2.63. The molecule has 2 saturated heterocycles. The van der Waals surface area contributed by atoms with Gasteiger partial charge in [-0.25, -0.2) is 4.39 Å². The first-order valence-electron chi connectivity index (χ1n) is 12.5. The number of ether oxygens (including phenoxy) is 3. The maximum absolute atomic E-state index is 14.2. The van der Waals surface area contributed by atoms with E-state index in [0.29, 0.717) is 22.4 Å². The molecule has 6 rings (SSSR count). The zero-order valence-electron chi connectivity index (χ0n) is 21.5. The van der Waals surface area contributed by atoms with Crippen LogP contribution in [0.3, 0.4) is 0 Å². The minimum absolute atomic E-state index is 0.211. The fourth-order valence-corrected chi connectivity index (χ4v) is 5.98. The molecule has 0 bridgehead atoms. The van der Waals surface area contributed by atoms with Gasteiger partial charge in [-0.2, -0.15) is 5.10 Å². The zero-order valence-corrected chi connectivity index (χ0v) is 21.5. The molecular formula is C30H25FN2O6. The van der Waals surface area contributed by atoms with Crippen molar-refractivity contribution < 1.29 is 33.0 Å². The van der Waals surface area contributed by atoms with Crippen LogP contribution in [-0.4, -0.2) is 47.9 Å². The van der Waals surface area contributed by atoms with Crippen LogP contribution in [0.15, 0.2) is 77.9 Å². The van der Waals surface area contributed by atoms with E-state index in [9.17, 15) is 18.8 Å². The molecule has 1 spiro atoms. The van der Waals surface area contributed by atoms with Gasteiger partial charge in [0.05, 0.1) is 13.3 Å². The Morgan fingerprint density at radius 3 is 2.23 bits per heavy atom. The molecule has 9 heteroatoms. The summed E-state index contributed by atoms with van der Waals surface area (Å²) >= 11 is 0. The topological polar surface area (TPSA) is 94.5 Å². The molecule has 0 aromatic heterocycles. The van der Waals surface area contributed by atoms with Crippen molar-refractivity contribution in [2.75, 3.05) is 7.11 Å². The predicted molar refractivity (Wildman–Crippen MR) is 138 cm³/mol. The number of cyclic esters (lactones) is 2. The van der Waals surface area contributed by atoms with E-state index in [0.717, 1.165) is 0 Å². The van der Waals surface area contributed by atoms with E-state index in [-0.39, 0.29) is 5.56 Å². The summed E-state index contributed by atoms with van der Waals surface area (Å²) in [4.78, 5) is 42.6. The van der Waals surface area contributed by atoms with Crippen LogP contribution in [-0.2, 0) is 19.1 Å². The minimum atomic E-state index is -1.97. The lowest BCUT2D eigenvalue weighted by molar-refractivity contribution is -0.254. The lowest BCUT2D eigenvalue weighted by atomic mass is 9.65. The maximum atomic E-state index is 14.2. The van der Waals surface area contributed by atoms with Crippen LogP contribution in [0.4, 0.5) is 4.39 Å². The van der Waals surface area contributed by atoms with Crippen LogP contribution < -0.4 is 4.74 Å². The molecule has 198 valence electrons. The number of esters is 2. The largest absolute Gasteiger partial charge is 0.497 e. The number of halogens is 1. The average Bonchev–Trinajstić information content (AvgIpc) is 3.24. The number of hydrogen-bond acceptors (Lipinski definition) is 8. The van der Waals surface area contributed by atoms with Gasteiger partial charge in [-0.3, -0.25) is 19.4 Å². The van der Waals surface area contributed by atoms with Crippen molar-refractivity contribution in [3.05, 3.63) is 101 Å². The van der Waals surface area contributed by atoms with Crippen LogP contribution in [0.1, 0.15) is 52.9 Å². The average molecular weight is 529 g/mol. The van der Waals surface area contributed by atoms with E-state index in [2.05, 4.69) is 5.10 Å². The van der Waals surface area contributed by atoms with Gasteiger partial charge in [-0.05, 0) is 53.1 Å². The van der Waals surface area contributed by atoms with Crippen LogP contribution >= 0.6 is 0 Å². The molecule has 3 aromatic rings. The van der Waals surface area contributed by atoms with Crippen LogP contribution in [0.25, 0.3) is 0 Å². The van der Waals surface area contributed by atoms with Crippen molar-refractivity contribution in [2.24, 2.45) is 10.5 Å². The summed E-state index contributed by atoms with van der Waals surface area (Å²) in [5.74, 6) is -4.54. The Morgan fingerprint density at radius 2 is 1.59 bits per heavy atom. The highest BCUT2D eigenvalue weighted by atomic mass is 19.1. The zero-order chi connectivity index (χ0) is 27.5. The number of nitrogens with zero attached hydrogens (tertiary/aromatic N) is 2. The van der Waals surface area contributed by atoms with E-state index >= 15 is 0 Å². The molecule has 0 saturated carbocycles. The summed E-state index contributed by atoms with van der Waals surface area (Å²) in [6.07, 6.45) is 1.60. The predicted octanol–water partition coefficient (Wildman–Crippen LogP) is 4.40. The fraction of sp³-hybridized carbons (Fsp3) is 0.267. The highest BCUT2D eigenvalue weighted by Gasteiger charge is 2.75. The highest BCUT2D eigenvalue weighted by molar-refractivity contribution is 6.09. The number of carbonyl (C=O) groups excluding carboxylic acids is 3. The fourth-order valence-electron chi connectivity index (χ4n) is 5.98. The smallest absolute Gasteiger partial charge is 0.330 e. The molecule has 3 aliphatic heterocycles. The second-order valence-electron chi connectivity index (χ2n) is 10.3. The minimum Gasteiger partial charge on any atom is -0.497 e. The third-order valence-corrected chi connectivity index (χ3v) is 7.63. The molecule has 0 aliphatic carbocycles. The van der Waals surface area contributed by atoms with E-state index in [1.165, 1.54) is 50.2 Å². The maximum Gasteiger partial charge on any atom is 0.330 e. The van der Waals surface area contributed by atoms with E-state index in [4.69, 9.17) is 14.2 Å². The first-order chi connectivity index (χ1) is 18.7.